The van der Waals surface area contributed by atoms with E-state index in [1.807, 2.05) is 30.3 Å². The Kier molecular flexibility index (Phi) is 5.60. The second-order valence-electron chi connectivity index (χ2n) is 5.13. The van der Waals surface area contributed by atoms with Gasteiger partial charge in [-0.15, -0.1) is 11.3 Å². The number of Topliss-reactive ketones (excluding diaryl/α,β-unsaturated/α-hetero) is 1. The Bertz CT molecular complexity index is 890. The summed E-state index contributed by atoms with van der Waals surface area (Å²) in [5.41, 5.74) is 0.114. The van der Waals surface area contributed by atoms with Crippen molar-refractivity contribution in [2.75, 3.05) is 13.7 Å². The summed E-state index contributed by atoms with van der Waals surface area (Å²) in [6.07, 6.45) is 0. The Labute approximate surface area is 154 Å². The third kappa shape index (κ3) is 4.46. The van der Waals surface area contributed by atoms with E-state index in [1.54, 1.807) is 24.3 Å². The molecule has 0 amide bonds. The Balaban J connectivity index is 1.55. The van der Waals surface area contributed by atoms with Crippen LogP contribution >= 0.6 is 11.3 Å². The number of thiazole rings is 1. The van der Waals surface area contributed by atoms with Crippen LogP contribution in [0, 0.1) is 0 Å². The normalized spacial score (nSPS) is 10.2. The first kappa shape index (κ1) is 17.6. The number of aromatic nitrogens is 1. The molecular weight excluding hydrogens is 354 g/mol. The number of hydrogen-bond donors (Lipinski definition) is 0. The number of hydrogen-bond acceptors (Lipinski definition) is 7. The van der Waals surface area contributed by atoms with E-state index in [0.717, 1.165) is 17.1 Å². The van der Waals surface area contributed by atoms with Gasteiger partial charge < -0.3 is 14.2 Å². The van der Waals surface area contributed by atoms with Crippen LogP contribution in [-0.2, 0) is 4.74 Å². The molecule has 132 valence electrons. The Morgan fingerprint density at radius 2 is 1.62 bits per heavy atom. The highest BCUT2D eigenvalue weighted by molar-refractivity contribution is 7.12. The predicted molar refractivity (Wildman–Crippen MR) is 96.2 cm³/mol. The van der Waals surface area contributed by atoms with Crippen LogP contribution in [0.5, 0.6) is 17.2 Å². The molecule has 6 nitrogen and oxygen atoms in total. The van der Waals surface area contributed by atoms with E-state index >= 15 is 0 Å². The zero-order valence-electron chi connectivity index (χ0n) is 13.9. The van der Waals surface area contributed by atoms with Gasteiger partial charge in [-0.25, -0.2) is 9.78 Å². The number of ether oxygens (including phenoxy) is 3. The van der Waals surface area contributed by atoms with Crippen LogP contribution in [0.4, 0.5) is 0 Å². The van der Waals surface area contributed by atoms with E-state index < -0.39 is 5.97 Å². The molecule has 0 bridgehead atoms. The molecule has 0 atom stereocenters. The molecule has 26 heavy (non-hydrogen) atoms. The molecule has 3 rings (SSSR count). The lowest BCUT2D eigenvalue weighted by molar-refractivity contribution is 0.0595. The number of carbonyl (C=O) groups excluding carboxylic acids is 2. The lowest BCUT2D eigenvalue weighted by Gasteiger charge is -2.07. The highest BCUT2D eigenvalue weighted by atomic mass is 32.1. The van der Waals surface area contributed by atoms with Crippen LogP contribution in [0.3, 0.4) is 0 Å². The van der Waals surface area contributed by atoms with Crippen molar-refractivity contribution in [2.24, 2.45) is 0 Å². The van der Waals surface area contributed by atoms with Gasteiger partial charge in [-0.2, -0.15) is 0 Å². The van der Waals surface area contributed by atoms with Crippen LogP contribution in [-0.4, -0.2) is 30.5 Å². The van der Waals surface area contributed by atoms with Crippen molar-refractivity contribution >= 4 is 23.1 Å². The van der Waals surface area contributed by atoms with Gasteiger partial charge in [0.05, 0.1) is 7.11 Å². The molecule has 1 heterocycles. The molecular formula is C19H15NO5S. The third-order valence-electron chi connectivity index (χ3n) is 3.31. The minimum Gasteiger partial charge on any atom is -0.485 e. The largest absolute Gasteiger partial charge is 0.485 e. The minimum absolute atomic E-state index is 0.114. The van der Waals surface area contributed by atoms with Gasteiger partial charge in [0, 0.05) is 5.38 Å². The molecule has 1 aromatic heterocycles. The maximum absolute atomic E-state index is 12.1. The fourth-order valence-corrected chi connectivity index (χ4v) is 2.75. The lowest BCUT2D eigenvalue weighted by atomic mass is 10.3. The zero-order valence-corrected chi connectivity index (χ0v) is 14.7. The SMILES string of the molecule is COC(=O)c1csc(C(=O)COc2ccc(Oc3ccccc3)cc2)n1. The van der Waals surface area contributed by atoms with E-state index in [2.05, 4.69) is 9.72 Å². The number of nitrogens with zero attached hydrogens (tertiary/aromatic N) is 1. The van der Waals surface area contributed by atoms with Gasteiger partial charge in [0.15, 0.2) is 17.3 Å². The van der Waals surface area contributed by atoms with E-state index in [4.69, 9.17) is 9.47 Å². The fraction of sp³-hybridized carbons (Fsp3) is 0.105. The summed E-state index contributed by atoms with van der Waals surface area (Å²) in [7, 11) is 1.26. The minimum atomic E-state index is -0.574. The number of esters is 1. The number of rotatable bonds is 7. The Hall–Kier alpha value is -3.19. The molecule has 0 saturated carbocycles. The van der Waals surface area contributed by atoms with Crippen molar-refractivity contribution in [2.45, 2.75) is 0 Å². The average Bonchev–Trinajstić information content (AvgIpc) is 3.18. The van der Waals surface area contributed by atoms with Gasteiger partial charge in [-0.3, -0.25) is 4.79 Å². The Morgan fingerprint density at radius 1 is 0.962 bits per heavy atom. The van der Waals surface area contributed by atoms with Gasteiger partial charge in [-0.05, 0) is 36.4 Å². The van der Waals surface area contributed by atoms with Crippen LogP contribution in [0.2, 0.25) is 0 Å². The smallest absolute Gasteiger partial charge is 0.357 e. The number of benzene rings is 2. The van der Waals surface area contributed by atoms with Crippen molar-refractivity contribution in [1.82, 2.24) is 4.98 Å². The number of carbonyl (C=O) groups is 2. The Morgan fingerprint density at radius 3 is 2.31 bits per heavy atom. The van der Waals surface area contributed by atoms with Crippen molar-refractivity contribution in [1.29, 1.82) is 0 Å². The van der Waals surface area contributed by atoms with Gasteiger partial charge in [0.2, 0.25) is 5.78 Å². The number of ketones is 1. The first-order valence-corrected chi connectivity index (χ1v) is 8.56. The maximum Gasteiger partial charge on any atom is 0.357 e. The van der Waals surface area contributed by atoms with Crippen LogP contribution in [0.25, 0.3) is 0 Å². The molecule has 0 aliphatic rings. The lowest BCUT2D eigenvalue weighted by Crippen LogP contribution is -2.12. The average molecular weight is 369 g/mol. The van der Waals surface area contributed by atoms with Gasteiger partial charge in [-0.1, -0.05) is 18.2 Å². The second-order valence-corrected chi connectivity index (χ2v) is 5.99. The quantitative estimate of drug-likeness (QED) is 0.463. The van der Waals surface area contributed by atoms with E-state index in [0.29, 0.717) is 11.5 Å². The van der Waals surface area contributed by atoms with Crippen molar-refractivity contribution in [3.8, 4) is 17.2 Å². The van der Waals surface area contributed by atoms with Crippen LogP contribution < -0.4 is 9.47 Å². The monoisotopic (exact) mass is 369 g/mol. The summed E-state index contributed by atoms with van der Waals surface area (Å²) in [5, 5.41) is 1.68. The number of para-hydroxylation sites is 1. The van der Waals surface area contributed by atoms with E-state index in [1.165, 1.54) is 12.5 Å². The molecule has 0 unspecified atom stereocenters. The molecule has 0 saturated heterocycles. The summed E-state index contributed by atoms with van der Waals surface area (Å²) >= 11 is 1.08. The van der Waals surface area contributed by atoms with Crippen molar-refractivity contribution in [3.63, 3.8) is 0 Å². The zero-order chi connectivity index (χ0) is 18.4. The van der Waals surface area contributed by atoms with E-state index in [9.17, 15) is 9.59 Å². The molecule has 2 aromatic carbocycles. The molecule has 0 aliphatic heterocycles. The standard InChI is InChI=1S/C19H15NO5S/c1-23-19(22)16-12-26-18(20-16)17(21)11-24-13-7-9-15(10-8-13)25-14-5-3-2-4-6-14/h2-10,12H,11H2,1H3. The summed E-state index contributed by atoms with van der Waals surface area (Å²) in [4.78, 5) is 27.4. The van der Waals surface area contributed by atoms with E-state index in [-0.39, 0.29) is 23.1 Å². The van der Waals surface area contributed by atoms with Gasteiger partial charge in [0.1, 0.15) is 17.2 Å². The van der Waals surface area contributed by atoms with Crippen LogP contribution in [0.1, 0.15) is 20.3 Å². The van der Waals surface area contributed by atoms with Crippen molar-refractivity contribution < 1.29 is 23.8 Å². The summed E-state index contributed by atoms with van der Waals surface area (Å²) in [5.74, 6) is 1.05. The van der Waals surface area contributed by atoms with Crippen molar-refractivity contribution in [3.05, 3.63) is 70.7 Å². The first-order valence-electron chi connectivity index (χ1n) is 7.68. The molecule has 0 fully saturated rings. The second kappa shape index (κ2) is 8.26. The highest BCUT2D eigenvalue weighted by Crippen LogP contribution is 2.23. The highest BCUT2D eigenvalue weighted by Gasteiger charge is 2.16. The van der Waals surface area contributed by atoms with Gasteiger partial charge >= 0.3 is 5.97 Å². The molecule has 0 N–H and O–H groups in total. The topological polar surface area (TPSA) is 74.7 Å². The summed E-state index contributed by atoms with van der Waals surface area (Å²) < 4.78 is 15.7. The number of methoxy groups -OCH3 is 1. The van der Waals surface area contributed by atoms with Crippen LogP contribution in [0.15, 0.2) is 60.0 Å². The molecule has 0 radical (unpaired) electrons. The fourth-order valence-electron chi connectivity index (χ4n) is 2.04. The summed E-state index contributed by atoms with van der Waals surface area (Å²) in [6, 6.07) is 16.4. The maximum atomic E-state index is 12.1. The molecule has 0 aliphatic carbocycles. The molecule has 7 heteroatoms. The predicted octanol–water partition coefficient (Wildman–Crippen LogP) is 3.98. The third-order valence-corrected chi connectivity index (χ3v) is 4.19. The first-order chi connectivity index (χ1) is 12.7. The molecule has 0 spiro atoms. The summed E-state index contributed by atoms with van der Waals surface area (Å²) in [6.45, 7) is -0.174. The van der Waals surface area contributed by atoms with Gasteiger partial charge in [0.25, 0.3) is 0 Å². The molecule has 3 aromatic rings.